The molecule has 1 aromatic carbocycles. The predicted octanol–water partition coefficient (Wildman–Crippen LogP) is 1.99. The van der Waals surface area contributed by atoms with Gasteiger partial charge in [-0.3, -0.25) is 0 Å². The number of hydrogen-bond acceptors (Lipinski definition) is 5. The molecule has 0 aliphatic rings. The second-order valence-electron chi connectivity index (χ2n) is 6.40. The molecular weight excluding hydrogens is 344 g/mol. The maximum Gasteiger partial charge on any atom is 0.191 e. The van der Waals surface area contributed by atoms with E-state index in [-0.39, 0.29) is 6.10 Å². The van der Waals surface area contributed by atoms with Crippen molar-refractivity contribution in [2.45, 2.75) is 26.4 Å². The molecule has 7 nitrogen and oxygen atoms in total. The lowest BCUT2D eigenvalue weighted by Crippen LogP contribution is -2.41. The van der Waals surface area contributed by atoms with Crippen LogP contribution in [0.25, 0.3) is 0 Å². The minimum Gasteiger partial charge on any atom is -0.497 e. The van der Waals surface area contributed by atoms with Gasteiger partial charge in [-0.1, -0.05) is 6.07 Å². The van der Waals surface area contributed by atoms with Gasteiger partial charge in [0.15, 0.2) is 5.96 Å². The summed E-state index contributed by atoms with van der Waals surface area (Å²) in [5.41, 5.74) is 0. The van der Waals surface area contributed by atoms with E-state index in [1.165, 1.54) is 0 Å². The molecule has 0 aromatic heterocycles. The third-order valence-corrected chi connectivity index (χ3v) is 3.90. The Labute approximate surface area is 164 Å². The second kappa shape index (κ2) is 14.1. The van der Waals surface area contributed by atoms with Crippen LogP contribution in [-0.2, 0) is 4.74 Å². The summed E-state index contributed by atoms with van der Waals surface area (Å²) in [6.45, 7) is 9.06. The van der Waals surface area contributed by atoms with E-state index < -0.39 is 0 Å². The van der Waals surface area contributed by atoms with Gasteiger partial charge >= 0.3 is 0 Å². The number of benzene rings is 1. The minimum absolute atomic E-state index is 0.0377. The molecule has 0 saturated carbocycles. The second-order valence-corrected chi connectivity index (χ2v) is 6.40. The highest BCUT2D eigenvalue weighted by Crippen LogP contribution is 2.19. The van der Waals surface area contributed by atoms with Gasteiger partial charge in [-0.05, 0) is 39.4 Å². The van der Waals surface area contributed by atoms with Crippen LogP contribution in [0.4, 0.5) is 0 Å². The molecule has 1 unspecified atom stereocenters. The molecule has 7 heteroatoms. The average Bonchev–Trinajstić information content (AvgIpc) is 2.66. The number of methoxy groups -OCH3 is 2. The van der Waals surface area contributed by atoms with Crippen LogP contribution in [-0.4, -0.2) is 77.6 Å². The fourth-order valence-electron chi connectivity index (χ4n) is 2.46. The van der Waals surface area contributed by atoms with Crippen LogP contribution in [0.5, 0.6) is 11.5 Å². The average molecular weight is 381 g/mol. The maximum atomic E-state index is 5.92. The summed E-state index contributed by atoms with van der Waals surface area (Å²) in [4.78, 5) is 6.91. The summed E-state index contributed by atoms with van der Waals surface area (Å²) >= 11 is 0. The number of ether oxygens (including phenoxy) is 3. The van der Waals surface area contributed by atoms with Gasteiger partial charge in [0.25, 0.3) is 0 Å². The molecule has 0 heterocycles. The first-order valence-corrected chi connectivity index (χ1v) is 9.59. The first kappa shape index (κ1) is 23.0. The Morgan fingerprint density at radius 2 is 1.96 bits per heavy atom. The van der Waals surface area contributed by atoms with Crippen LogP contribution in [0.15, 0.2) is 29.3 Å². The van der Waals surface area contributed by atoms with E-state index in [1.54, 1.807) is 14.2 Å². The fourth-order valence-corrected chi connectivity index (χ4v) is 2.46. The number of guanidine groups is 1. The van der Waals surface area contributed by atoms with Crippen molar-refractivity contribution in [2.24, 2.45) is 4.99 Å². The van der Waals surface area contributed by atoms with Crippen molar-refractivity contribution in [3.05, 3.63) is 24.3 Å². The van der Waals surface area contributed by atoms with E-state index in [4.69, 9.17) is 14.2 Å². The monoisotopic (exact) mass is 380 g/mol. The zero-order chi connectivity index (χ0) is 19.9. The lowest BCUT2D eigenvalue weighted by atomic mass is 10.3. The Kier molecular flexibility index (Phi) is 12.1. The van der Waals surface area contributed by atoms with Gasteiger partial charge in [0.05, 0.1) is 13.7 Å². The smallest absolute Gasteiger partial charge is 0.191 e. The van der Waals surface area contributed by atoms with E-state index >= 15 is 0 Å². The number of nitrogens with one attached hydrogen (secondary N) is 2. The van der Waals surface area contributed by atoms with Crippen LogP contribution in [0.3, 0.4) is 0 Å². The molecular formula is C20H36N4O3. The Morgan fingerprint density at radius 1 is 1.19 bits per heavy atom. The van der Waals surface area contributed by atoms with Crippen molar-refractivity contribution >= 4 is 5.96 Å². The molecule has 0 bridgehead atoms. The maximum absolute atomic E-state index is 5.92. The minimum atomic E-state index is -0.0377. The summed E-state index contributed by atoms with van der Waals surface area (Å²) in [7, 11) is 5.50. The third-order valence-electron chi connectivity index (χ3n) is 3.90. The molecule has 2 N–H and O–H groups in total. The molecule has 0 spiro atoms. The number of rotatable bonds is 13. The van der Waals surface area contributed by atoms with E-state index in [1.807, 2.05) is 31.2 Å². The quantitative estimate of drug-likeness (QED) is 0.310. The summed E-state index contributed by atoms with van der Waals surface area (Å²) < 4.78 is 16.2. The Morgan fingerprint density at radius 3 is 2.67 bits per heavy atom. The molecule has 1 aromatic rings. The number of likely N-dealkylation sites (N-methyl/N-ethyl adjacent to an activating group) is 1. The lowest BCUT2D eigenvalue weighted by Gasteiger charge is -2.18. The molecule has 1 rings (SSSR count). The standard InChI is InChI=1S/C20H36N4O3/c1-6-21-20(22-11-13-24(3)12-8-14-25-4)23-16-17(2)27-19-10-7-9-18(15-19)26-5/h7,9-10,15,17H,6,8,11-14,16H2,1-5H3,(H2,21,22,23). The van der Waals surface area contributed by atoms with Gasteiger partial charge in [-0.25, -0.2) is 4.99 Å². The van der Waals surface area contributed by atoms with E-state index in [2.05, 4.69) is 34.5 Å². The van der Waals surface area contributed by atoms with Crippen LogP contribution in [0.1, 0.15) is 20.3 Å². The molecule has 0 aliphatic heterocycles. The molecule has 0 amide bonds. The Hall–Kier alpha value is -1.99. The highest BCUT2D eigenvalue weighted by atomic mass is 16.5. The van der Waals surface area contributed by atoms with Crippen LogP contribution < -0.4 is 20.1 Å². The van der Waals surface area contributed by atoms with Crippen LogP contribution >= 0.6 is 0 Å². The predicted molar refractivity (Wildman–Crippen MR) is 111 cm³/mol. The highest BCUT2D eigenvalue weighted by molar-refractivity contribution is 5.79. The van der Waals surface area contributed by atoms with Gasteiger partial charge in [-0.2, -0.15) is 0 Å². The number of nitrogens with zero attached hydrogens (tertiary/aromatic N) is 2. The fraction of sp³-hybridized carbons (Fsp3) is 0.650. The van der Waals surface area contributed by atoms with Gasteiger partial charge in [0, 0.05) is 46.0 Å². The summed E-state index contributed by atoms with van der Waals surface area (Å²) in [6, 6.07) is 7.61. The zero-order valence-corrected chi connectivity index (χ0v) is 17.5. The van der Waals surface area contributed by atoms with Gasteiger partial charge < -0.3 is 29.7 Å². The van der Waals surface area contributed by atoms with Crippen LogP contribution in [0.2, 0.25) is 0 Å². The molecule has 0 aliphatic carbocycles. The lowest BCUT2D eigenvalue weighted by molar-refractivity contribution is 0.180. The Balaban J connectivity index is 2.40. The van der Waals surface area contributed by atoms with E-state index in [9.17, 15) is 0 Å². The van der Waals surface area contributed by atoms with E-state index in [0.29, 0.717) is 6.54 Å². The summed E-state index contributed by atoms with van der Waals surface area (Å²) in [5.74, 6) is 2.38. The van der Waals surface area contributed by atoms with Crippen molar-refractivity contribution in [3.63, 3.8) is 0 Å². The first-order valence-electron chi connectivity index (χ1n) is 9.59. The van der Waals surface area contributed by atoms with Crippen molar-refractivity contribution in [1.29, 1.82) is 0 Å². The third kappa shape index (κ3) is 10.7. The molecule has 27 heavy (non-hydrogen) atoms. The molecule has 0 fully saturated rings. The van der Waals surface area contributed by atoms with Crippen molar-refractivity contribution < 1.29 is 14.2 Å². The number of aliphatic imine (C=N–C) groups is 1. The van der Waals surface area contributed by atoms with Crippen molar-refractivity contribution in [2.75, 3.05) is 60.6 Å². The Bertz CT molecular complexity index is 540. The summed E-state index contributed by atoms with van der Waals surface area (Å²) in [6.07, 6.45) is 1.00. The molecule has 1 atom stereocenters. The molecule has 0 saturated heterocycles. The van der Waals surface area contributed by atoms with Gasteiger partial charge in [0.1, 0.15) is 17.6 Å². The van der Waals surface area contributed by atoms with E-state index in [0.717, 1.165) is 56.7 Å². The summed E-state index contributed by atoms with van der Waals surface area (Å²) in [5, 5.41) is 6.64. The molecule has 0 radical (unpaired) electrons. The van der Waals surface area contributed by atoms with Crippen LogP contribution in [0, 0.1) is 0 Å². The van der Waals surface area contributed by atoms with Crippen molar-refractivity contribution in [3.8, 4) is 11.5 Å². The first-order chi connectivity index (χ1) is 13.1. The highest BCUT2D eigenvalue weighted by Gasteiger charge is 2.06. The van der Waals surface area contributed by atoms with Gasteiger partial charge in [0.2, 0.25) is 0 Å². The molecule has 154 valence electrons. The number of hydrogen-bond donors (Lipinski definition) is 2. The zero-order valence-electron chi connectivity index (χ0n) is 17.5. The largest absolute Gasteiger partial charge is 0.497 e. The normalized spacial score (nSPS) is 12.7. The SMILES string of the molecule is CCNC(=NCC(C)Oc1cccc(OC)c1)NCCN(C)CCCOC. The van der Waals surface area contributed by atoms with Gasteiger partial charge in [-0.15, -0.1) is 0 Å². The topological polar surface area (TPSA) is 67.4 Å². The van der Waals surface area contributed by atoms with Crippen molar-refractivity contribution in [1.82, 2.24) is 15.5 Å².